The van der Waals surface area contributed by atoms with Gasteiger partial charge in [-0.05, 0) is 24.3 Å². The lowest BCUT2D eigenvalue weighted by Gasteiger charge is -2.10. The topological polar surface area (TPSA) is 66.4 Å². The van der Waals surface area contributed by atoms with Crippen LogP contribution in [0.3, 0.4) is 0 Å². The minimum absolute atomic E-state index is 0.0641. The van der Waals surface area contributed by atoms with Crippen LogP contribution in [0, 0.1) is 11.6 Å². The van der Waals surface area contributed by atoms with Crippen LogP contribution in [0.15, 0.2) is 36.4 Å². The number of carboxylic acid groups (broad SMARTS) is 1. The summed E-state index contributed by atoms with van der Waals surface area (Å²) in [7, 11) is 0. The van der Waals surface area contributed by atoms with Crippen molar-refractivity contribution >= 4 is 29.2 Å². The molecule has 4 nitrogen and oxygen atoms in total. The Morgan fingerprint density at radius 1 is 1.10 bits per heavy atom. The highest BCUT2D eigenvalue weighted by Gasteiger charge is 2.17. The zero-order valence-electron chi connectivity index (χ0n) is 10.4. The van der Waals surface area contributed by atoms with Crippen LogP contribution in [-0.4, -0.2) is 17.0 Å². The molecular formula is C14H8ClF2NO3. The molecular weight excluding hydrogens is 304 g/mol. The Bertz CT molecular complexity index is 714. The summed E-state index contributed by atoms with van der Waals surface area (Å²) in [5, 5.41) is 11.3. The first-order valence-electron chi connectivity index (χ1n) is 5.67. The van der Waals surface area contributed by atoms with Crippen molar-refractivity contribution in [1.82, 2.24) is 0 Å². The van der Waals surface area contributed by atoms with Crippen molar-refractivity contribution in [3.63, 3.8) is 0 Å². The van der Waals surface area contributed by atoms with Crippen molar-refractivity contribution in [2.24, 2.45) is 0 Å². The van der Waals surface area contributed by atoms with E-state index in [0.29, 0.717) is 6.07 Å². The van der Waals surface area contributed by atoms with Gasteiger partial charge in [-0.25, -0.2) is 13.6 Å². The zero-order valence-corrected chi connectivity index (χ0v) is 11.1. The molecule has 0 spiro atoms. The van der Waals surface area contributed by atoms with E-state index in [1.54, 1.807) is 0 Å². The number of nitrogens with one attached hydrogen (secondary N) is 1. The third-order valence-electron chi connectivity index (χ3n) is 2.60. The van der Waals surface area contributed by atoms with Crippen molar-refractivity contribution in [2.75, 3.05) is 5.32 Å². The van der Waals surface area contributed by atoms with E-state index in [1.807, 2.05) is 0 Å². The molecule has 7 heteroatoms. The molecule has 0 aliphatic rings. The van der Waals surface area contributed by atoms with Crippen molar-refractivity contribution < 1.29 is 23.5 Å². The number of carbonyl (C=O) groups excluding carboxylic acids is 1. The van der Waals surface area contributed by atoms with Gasteiger partial charge in [-0.3, -0.25) is 4.79 Å². The highest BCUT2D eigenvalue weighted by molar-refractivity contribution is 6.34. The summed E-state index contributed by atoms with van der Waals surface area (Å²) in [5.74, 6) is -4.01. The SMILES string of the molecule is O=C(Nc1cccc(Cl)c1C(=O)O)c1cc(F)cc(F)c1. The van der Waals surface area contributed by atoms with Gasteiger partial charge in [-0.2, -0.15) is 0 Å². The van der Waals surface area contributed by atoms with Crippen LogP contribution in [0.4, 0.5) is 14.5 Å². The second kappa shape index (κ2) is 5.88. The lowest BCUT2D eigenvalue weighted by atomic mass is 10.1. The van der Waals surface area contributed by atoms with Gasteiger partial charge in [-0.1, -0.05) is 17.7 Å². The highest BCUT2D eigenvalue weighted by atomic mass is 35.5. The molecule has 2 aromatic rings. The minimum atomic E-state index is -1.33. The highest BCUT2D eigenvalue weighted by Crippen LogP contribution is 2.25. The second-order valence-corrected chi connectivity index (χ2v) is 4.49. The maximum absolute atomic E-state index is 13.1. The molecule has 0 aromatic heterocycles. The first-order valence-corrected chi connectivity index (χ1v) is 6.05. The van der Waals surface area contributed by atoms with Gasteiger partial charge in [0.15, 0.2) is 0 Å². The normalized spacial score (nSPS) is 10.2. The number of amides is 1. The number of carbonyl (C=O) groups is 2. The first kappa shape index (κ1) is 14.9. The average molecular weight is 312 g/mol. The summed E-state index contributed by atoms with van der Waals surface area (Å²) in [4.78, 5) is 23.0. The third-order valence-corrected chi connectivity index (χ3v) is 2.92. The molecule has 0 aliphatic carbocycles. The molecule has 21 heavy (non-hydrogen) atoms. The molecule has 0 aliphatic heterocycles. The average Bonchev–Trinajstić information content (AvgIpc) is 2.37. The largest absolute Gasteiger partial charge is 0.478 e. The predicted molar refractivity (Wildman–Crippen MR) is 72.7 cm³/mol. The number of hydrogen-bond acceptors (Lipinski definition) is 2. The van der Waals surface area contributed by atoms with Gasteiger partial charge < -0.3 is 10.4 Å². The third kappa shape index (κ3) is 3.35. The summed E-state index contributed by atoms with van der Waals surface area (Å²) in [5.41, 5.74) is -0.641. The van der Waals surface area contributed by atoms with Crippen molar-refractivity contribution in [3.05, 3.63) is 64.2 Å². The maximum atomic E-state index is 13.1. The lowest BCUT2D eigenvalue weighted by Crippen LogP contribution is -2.15. The van der Waals surface area contributed by atoms with Gasteiger partial charge >= 0.3 is 5.97 Å². The molecule has 0 unspecified atom stereocenters. The molecule has 2 rings (SSSR count). The molecule has 0 fully saturated rings. The Morgan fingerprint density at radius 3 is 2.29 bits per heavy atom. The van der Waals surface area contributed by atoms with E-state index in [4.69, 9.17) is 16.7 Å². The number of carboxylic acids is 1. The van der Waals surface area contributed by atoms with E-state index in [1.165, 1.54) is 18.2 Å². The Balaban J connectivity index is 2.36. The van der Waals surface area contributed by atoms with Gasteiger partial charge in [0.05, 0.1) is 10.7 Å². The fourth-order valence-electron chi connectivity index (χ4n) is 1.73. The van der Waals surface area contributed by atoms with E-state index < -0.39 is 23.5 Å². The molecule has 0 radical (unpaired) electrons. The summed E-state index contributed by atoms with van der Waals surface area (Å²) in [6, 6.07) is 6.41. The van der Waals surface area contributed by atoms with Crippen LogP contribution in [0.2, 0.25) is 5.02 Å². The van der Waals surface area contributed by atoms with Gasteiger partial charge in [0, 0.05) is 11.6 Å². The lowest BCUT2D eigenvalue weighted by molar-refractivity contribution is 0.0698. The fraction of sp³-hybridized carbons (Fsp3) is 0. The minimum Gasteiger partial charge on any atom is -0.478 e. The number of aromatic carboxylic acids is 1. The molecule has 0 bridgehead atoms. The maximum Gasteiger partial charge on any atom is 0.339 e. The molecule has 2 aromatic carbocycles. The van der Waals surface area contributed by atoms with Gasteiger partial charge in [0.1, 0.15) is 17.2 Å². The quantitative estimate of drug-likeness (QED) is 0.910. The molecule has 0 atom stereocenters. The standard InChI is InChI=1S/C14H8ClF2NO3/c15-10-2-1-3-11(12(10)14(20)21)18-13(19)7-4-8(16)6-9(17)5-7/h1-6H,(H,18,19)(H,20,21). The number of halogens is 3. The van der Waals surface area contributed by atoms with Crippen LogP contribution >= 0.6 is 11.6 Å². The molecule has 0 heterocycles. The van der Waals surface area contributed by atoms with E-state index in [2.05, 4.69) is 5.32 Å². The summed E-state index contributed by atoms with van der Waals surface area (Å²) in [6.45, 7) is 0. The first-order chi connectivity index (χ1) is 9.88. The molecule has 0 saturated carbocycles. The molecule has 108 valence electrons. The van der Waals surface area contributed by atoms with E-state index >= 15 is 0 Å². The van der Waals surface area contributed by atoms with Gasteiger partial charge in [0.25, 0.3) is 5.91 Å². The Labute approximate surface area is 123 Å². The smallest absolute Gasteiger partial charge is 0.339 e. The van der Waals surface area contributed by atoms with E-state index in [0.717, 1.165) is 12.1 Å². The van der Waals surface area contributed by atoms with Crippen LogP contribution in [0.5, 0.6) is 0 Å². The summed E-state index contributed by atoms with van der Waals surface area (Å²) >= 11 is 5.75. The zero-order chi connectivity index (χ0) is 15.6. The Kier molecular flexibility index (Phi) is 4.18. The molecule has 0 saturated heterocycles. The van der Waals surface area contributed by atoms with Gasteiger partial charge in [-0.15, -0.1) is 0 Å². The van der Waals surface area contributed by atoms with E-state index in [-0.39, 0.29) is 21.8 Å². The van der Waals surface area contributed by atoms with Crippen molar-refractivity contribution in [2.45, 2.75) is 0 Å². The van der Waals surface area contributed by atoms with Crippen LogP contribution in [0.25, 0.3) is 0 Å². The molecule has 1 amide bonds. The van der Waals surface area contributed by atoms with Crippen LogP contribution in [0.1, 0.15) is 20.7 Å². The summed E-state index contributed by atoms with van der Waals surface area (Å²) in [6.07, 6.45) is 0. The number of hydrogen-bond donors (Lipinski definition) is 2. The number of benzene rings is 2. The van der Waals surface area contributed by atoms with Gasteiger partial charge in [0.2, 0.25) is 0 Å². The van der Waals surface area contributed by atoms with Crippen LogP contribution < -0.4 is 5.32 Å². The Hall–Kier alpha value is -2.47. The van der Waals surface area contributed by atoms with E-state index in [9.17, 15) is 18.4 Å². The van der Waals surface area contributed by atoms with Crippen molar-refractivity contribution in [1.29, 1.82) is 0 Å². The monoisotopic (exact) mass is 311 g/mol. The second-order valence-electron chi connectivity index (χ2n) is 4.08. The Morgan fingerprint density at radius 2 is 1.71 bits per heavy atom. The molecule has 2 N–H and O–H groups in total. The fourth-order valence-corrected chi connectivity index (χ4v) is 1.98. The number of anilines is 1. The predicted octanol–water partition coefficient (Wildman–Crippen LogP) is 3.57. The van der Waals surface area contributed by atoms with Crippen LogP contribution in [-0.2, 0) is 0 Å². The van der Waals surface area contributed by atoms with Crippen molar-refractivity contribution in [3.8, 4) is 0 Å². The number of rotatable bonds is 3. The summed E-state index contributed by atoms with van der Waals surface area (Å²) < 4.78 is 26.1.